The van der Waals surface area contributed by atoms with Crippen molar-refractivity contribution in [1.82, 2.24) is 0 Å². The summed E-state index contributed by atoms with van der Waals surface area (Å²) >= 11 is 36.5. The summed E-state index contributed by atoms with van der Waals surface area (Å²) in [5.74, 6) is 0. The van der Waals surface area contributed by atoms with Crippen molar-refractivity contribution >= 4 is 159 Å². The standard InChI is InChI=1S/C7H2Br10/c8-3(7(15,16)17)1-2-4(9,10)6(13,14)5(3,11)12/h1-2H. The van der Waals surface area contributed by atoms with Gasteiger partial charge in [-0.25, -0.2) is 0 Å². The van der Waals surface area contributed by atoms with Crippen molar-refractivity contribution in [3.63, 3.8) is 0 Å². The molecule has 0 fully saturated rings. The maximum atomic E-state index is 3.74. The Morgan fingerprint density at radius 1 is 0.647 bits per heavy atom. The van der Waals surface area contributed by atoms with Crippen LogP contribution in [0.5, 0.6) is 0 Å². The molecule has 0 saturated carbocycles. The topological polar surface area (TPSA) is 0 Å². The SMILES string of the molecule is BrC(Br)(Br)C1(Br)C=CC(Br)(Br)C(Br)(Br)C1(Br)Br. The molecule has 0 spiro atoms. The number of rotatable bonds is 0. The molecule has 0 aliphatic heterocycles. The zero-order valence-electron chi connectivity index (χ0n) is 7.43. The van der Waals surface area contributed by atoms with Crippen LogP contribution in [0.4, 0.5) is 0 Å². The molecule has 1 atom stereocenters. The molecule has 0 N–H and O–H groups in total. The van der Waals surface area contributed by atoms with Crippen LogP contribution in [0.2, 0.25) is 0 Å². The third-order valence-electron chi connectivity index (χ3n) is 2.20. The van der Waals surface area contributed by atoms with E-state index in [-0.39, 0.29) is 0 Å². The Hall–Kier alpha value is 4.54. The fraction of sp³-hybridized carbons (Fsp3) is 0.714. The first-order valence-electron chi connectivity index (χ1n) is 3.80. The zero-order chi connectivity index (χ0) is 13.9. The molecule has 10 heteroatoms. The van der Waals surface area contributed by atoms with Crippen LogP contribution >= 0.6 is 159 Å². The van der Waals surface area contributed by atoms with Gasteiger partial charge in [-0.2, -0.15) is 0 Å². The Morgan fingerprint density at radius 2 is 1.06 bits per heavy atom. The van der Waals surface area contributed by atoms with Crippen LogP contribution in [0, 0.1) is 0 Å². The summed E-state index contributed by atoms with van der Waals surface area (Å²) in [5, 5.41) is 0. The van der Waals surface area contributed by atoms with Crippen molar-refractivity contribution in [2.24, 2.45) is 0 Å². The molecule has 0 amide bonds. The van der Waals surface area contributed by atoms with Gasteiger partial charge < -0.3 is 0 Å². The van der Waals surface area contributed by atoms with Gasteiger partial charge in [0.1, 0.15) is 14.0 Å². The predicted molar refractivity (Wildman–Crippen MR) is 112 cm³/mol. The summed E-state index contributed by atoms with van der Waals surface area (Å²) in [5.41, 5.74) is 0. The average molecular weight is 885 g/mol. The van der Waals surface area contributed by atoms with Crippen molar-refractivity contribution in [3.8, 4) is 0 Å². The predicted octanol–water partition coefficient (Wildman–Crippen LogP) is 7.99. The lowest BCUT2D eigenvalue weighted by molar-refractivity contribution is 0.617. The van der Waals surface area contributed by atoms with Crippen LogP contribution in [0.25, 0.3) is 0 Å². The average Bonchev–Trinajstić information content (AvgIpc) is 2.09. The van der Waals surface area contributed by atoms with Crippen molar-refractivity contribution in [2.75, 3.05) is 0 Å². The first-order valence-corrected chi connectivity index (χ1v) is 11.7. The van der Waals surface area contributed by atoms with E-state index in [1.807, 2.05) is 12.2 Å². The third kappa shape index (κ3) is 3.12. The van der Waals surface area contributed by atoms with Crippen molar-refractivity contribution < 1.29 is 0 Å². The molecule has 1 rings (SSSR count). The molecule has 1 aliphatic rings. The molecule has 1 aliphatic carbocycles. The monoisotopic (exact) mass is 875 g/mol. The number of alkyl halides is 10. The molecular weight excluding hydrogens is 883 g/mol. The lowest BCUT2D eigenvalue weighted by atomic mass is 9.96. The highest BCUT2D eigenvalue weighted by Gasteiger charge is 2.71. The Kier molecular flexibility index (Phi) is 6.77. The van der Waals surface area contributed by atoms with Gasteiger partial charge in [-0.3, -0.25) is 0 Å². The van der Waals surface area contributed by atoms with Crippen LogP contribution in [-0.4, -0.2) is 16.2 Å². The molecule has 1 unspecified atom stereocenters. The second kappa shape index (κ2) is 5.87. The molecule has 0 heterocycles. The van der Waals surface area contributed by atoms with Crippen LogP contribution in [-0.2, 0) is 0 Å². The summed E-state index contributed by atoms with van der Waals surface area (Å²) in [6.45, 7) is 0. The molecule has 0 aromatic carbocycles. The Labute approximate surface area is 184 Å². The smallest absolute Gasteiger partial charge is 0.0747 e. The largest absolute Gasteiger partial charge is 0.155 e. The molecule has 0 aromatic rings. The highest BCUT2D eigenvalue weighted by molar-refractivity contribution is 9.40. The second-order valence-corrected chi connectivity index (χ2v) is 21.8. The summed E-state index contributed by atoms with van der Waals surface area (Å²) in [4.78, 5) is 0. The quantitative estimate of drug-likeness (QED) is 0.171. The molecule has 0 nitrogen and oxygen atoms in total. The lowest BCUT2D eigenvalue weighted by Gasteiger charge is -2.55. The summed E-state index contributed by atoms with van der Waals surface area (Å²) in [6, 6.07) is 0. The highest BCUT2D eigenvalue weighted by Crippen LogP contribution is 2.72. The van der Waals surface area contributed by atoms with Crippen molar-refractivity contribution in [3.05, 3.63) is 12.2 Å². The lowest BCUT2D eigenvalue weighted by Crippen LogP contribution is -2.63. The Balaban J connectivity index is 3.52. The normalized spacial score (nSPS) is 34.7. The van der Waals surface area contributed by atoms with E-state index in [4.69, 9.17) is 0 Å². The van der Waals surface area contributed by atoms with E-state index in [0.29, 0.717) is 0 Å². The Morgan fingerprint density at radius 3 is 1.41 bits per heavy atom. The van der Waals surface area contributed by atoms with Gasteiger partial charge in [0, 0.05) is 0 Å². The Bertz CT molecular complexity index is 350. The van der Waals surface area contributed by atoms with E-state index in [2.05, 4.69) is 159 Å². The first-order chi connectivity index (χ1) is 7.21. The fourth-order valence-electron chi connectivity index (χ4n) is 1.14. The maximum absolute atomic E-state index is 3.74. The number of halogens is 10. The molecule has 100 valence electrons. The maximum Gasteiger partial charge on any atom is 0.155 e. The highest BCUT2D eigenvalue weighted by atomic mass is 80.0. The summed E-state index contributed by atoms with van der Waals surface area (Å²) in [7, 11) is 0. The van der Waals surface area contributed by atoms with Crippen LogP contribution in [0.3, 0.4) is 0 Å². The van der Waals surface area contributed by atoms with Crippen molar-refractivity contribution in [1.29, 1.82) is 0 Å². The molecule has 17 heavy (non-hydrogen) atoms. The van der Waals surface area contributed by atoms with E-state index in [1.165, 1.54) is 0 Å². The summed E-state index contributed by atoms with van der Waals surface area (Å²) in [6.07, 6.45) is 4.00. The third-order valence-corrected chi connectivity index (χ3v) is 19.1. The van der Waals surface area contributed by atoms with Gasteiger partial charge in [-0.05, 0) is 0 Å². The van der Waals surface area contributed by atoms with E-state index in [0.717, 1.165) is 0 Å². The minimum absolute atomic E-state index is 0.477. The van der Waals surface area contributed by atoms with Crippen LogP contribution in [0.1, 0.15) is 0 Å². The van der Waals surface area contributed by atoms with E-state index in [1.54, 1.807) is 0 Å². The van der Waals surface area contributed by atoms with E-state index in [9.17, 15) is 0 Å². The van der Waals surface area contributed by atoms with Gasteiger partial charge in [-0.1, -0.05) is 171 Å². The van der Waals surface area contributed by atoms with Crippen molar-refractivity contribution in [2.45, 2.75) is 16.2 Å². The molecule has 0 aromatic heterocycles. The fourth-order valence-corrected chi connectivity index (χ4v) is 9.28. The van der Waals surface area contributed by atoms with E-state index >= 15 is 0 Å². The minimum atomic E-state index is -0.599. The van der Waals surface area contributed by atoms with Gasteiger partial charge in [0.25, 0.3) is 0 Å². The number of allylic oxidation sites excluding steroid dienone is 2. The second-order valence-electron chi connectivity index (χ2n) is 3.31. The first kappa shape index (κ1) is 19.6. The zero-order valence-corrected chi connectivity index (χ0v) is 23.3. The molecule has 0 radical (unpaired) electrons. The number of hydrogen-bond acceptors (Lipinski definition) is 0. The molecular formula is C7H2Br10. The van der Waals surface area contributed by atoms with Gasteiger partial charge >= 0.3 is 0 Å². The minimum Gasteiger partial charge on any atom is -0.0747 e. The van der Waals surface area contributed by atoms with Gasteiger partial charge in [0.05, 0.1) is 0 Å². The van der Waals surface area contributed by atoms with E-state index < -0.39 is 16.2 Å². The van der Waals surface area contributed by atoms with Gasteiger partial charge in [-0.15, -0.1) is 0 Å². The van der Waals surface area contributed by atoms with Gasteiger partial charge in [0.2, 0.25) is 0 Å². The van der Waals surface area contributed by atoms with Crippen LogP contribution in [0.15, 0.2) is 12.2 Å². The molecule has 0 saturated heterocycles. The van der Waals surface area contributed by atoms with Crippen LogP contribution < -0.4 is 0 Å². The van der Waals surface area contributed by atoms with Gasteiger partial charge in [0.15, 0.2) is 2.14 Å². The summed E-state index contributed by atoms with van der Waals surface area (Å²) < 4.78 is -2.75. The molecule has 0 bridgehead atoms. The number of hydrogen-bond donors (Lipinski definition) is 0.